The van der Waals surface area contributed by atoms with E-state index in [1.807, 2.05) is 37.3 Å². The van der Waals surface area contributed by atoms with E-state index in [1.165, 1.54) is 12.1 Å². The van der Waals surface area contributed by atoms with Crippen LogP contribution in [-0.4, -0.2) is 37.1 Å². The lowest BCUT2D eigenvalue weighted by Crippen LogP contribution is -2.39. The van der Waals surface area contributed by atoms with Crippen molar-refractivity contribution in [3.8, 4) is 0 Å². The molecule has 0 bridgehead atoms. The molecule has 2 aromatic carbocycles. The molecule has 3 rings (SSSR count). The number of amides is 1. The van der Waals surface area contributed by atoms with Crippen LogP contribution < -0.4 is 5.32 Å². The smallest absolute Gasteiger partial charge is 0.286 e. The van der Waals surface area contributed by atoms with Gasteiger partial charge in [-0.15, -0.1) is 0 Å². The molecule has 31 heavy (non-hydrogen) atoms. The number of hydrogen-bond donors (Lipinski definition) is 2. The molecule has 0 aliphatic carbocycles. The largest absolute Gasteiger partial charge is 0.459 e. The van der Waals surface area contributed by atoms with E-state index in [2.05, 4.69) is 5.32 Å². The van der Waals surface area contributed by atoms with E-state index < -0.39 is 6.29 Å². The van der Waals surface area contributed by atoms with Crippen molar-refractivity contribution in [1.82, 2.24) is 5.32 Å². The van der Waals surface area contributed by atoms with Gasteiger partial charge >= 0.3 is 0 Å². The standard InChI is InChI=1S/C25H30FNO4/c1-2-30-25-21(9-6-16-28)22(19-10-12-20(26)13-11-19)17-23(31-25)24(29)27-15-14-18-7-4-3-5-8-18/h3-5,7-8,10-13,17,21-22,25,28H,2,6,9,14-16H2,1H3,(H,27,29)/t21-,22-,25-/m1/s1. The van der Waals surface area contributed by atoms with Crippen LogP contribution in [0.15, 0.2) is 66.4 Å². The van der Waals surface area contributed by atoms with Gasteiger partial charge in [0, 0.05) is 31.6 Å². The summed E-state index contributed by atoms with van der Waals surface area (Å²) in [5.41, 5.74) is 2.02. The van der Waals surface area contributed by atoms with Crippen LogP contribution in [0.2, 0.25) is 0 Å². The number of carbonyl (C=O) groups excluding carboxylic acids is 1. The molecule has 0 aromatic heterocycles. The van der Waals surface area contributed by atoms with Gasteiger partial charge in [-0.3, -0.25) is 4.79 Å². The van der Waals surface area contributed by atoms with Crippen LogP contribution >= 0.6 is 0 Å². The van der Waals surface area contributed by atoms with Gasteiger partial charge in [0.25, 0.3) is 5.91 Å². The normalized spacial score (nSPS) is 20.6. The molecule has 5 nitrogen and oxygen atoms in total. The number of aliphatic hydroxyl groups excluding tert-OH is 1. The lowest BCUT2D eigenvalue weighted by Gasteiger charge is -2.37. The van der Waals surface area contributed by atoms with E-state index in [0.717, 1.165) is 17.5 Å². The van der Waals surface area contributed by atoms with E-state index in [9.17, 15) is 14.3 Å². The minimum absolute atomic E-state index is 0.0576. The van der Waals surface area contributed by atoms with E-state index >= 15 is 0 Å². The number of aliphatic hydroxyl groups is 1. The van der Waals surface area contributed by atoms with Gasteiger partial charge < -0.3 is 19.9 Å². The summed E-state index contributed by atoms with van der Waals surface area (Å²) in [7, 11) is 0. The summed E-state index contributed by atoms with van der Waals surface area (Å²) >= 11 is 0. The van der Waals surface area contributed by atoms with Gasteiger partial charge in [-0.1, -0.05) is 42.5 Å². The Morgan fingerprint density at radius 3 is 2.58 bits per heavy atom. The molecular formula is C25H30FNO4. The van der Waals surface area contributed by atoms with Crippen molar-refractivity contribution < 1.29 is 23.8 Å². The molecule has 1 heterocycles. The van der Waals surface area contributed by atoms with Crippen molar-refractivity contribution in [3.63, 3.8) is 0 Å². The molecular weight excluding hydrogens is 397 g/mol. The van der Waals surface area contributed by atoms with E-state index in [1.54, 1.807) is 18.2 Å². The second-order valence-corrected chi connectivity index (χ2v) is 7.57. The van der Waals surface area contributed by atoms with E-state index in [0.29, 0.717) is 26.0 Å². The maximum Gasteiger partial charge on any atom is 0.286 e. The van der Waals surface area contributed by atoms with Crippen molar-refractivity contribution in [2.24, 2.45) is 5.92 Å². The van der Waals surface area contributed by atoms with E-state index in [-0.39, 0.29) is 35.9 Å². The maximum atomic E-state index is 13.5. The third-order valence-corrected chi connectivity index (χ3v) is 5.43. The molecule has 6 heteroatoms. The number of allylic oxidation sites excluding steroid dienone is 1. The topological polar surface area (TPSA) is 67.8 Å². The second-order valence-electron chi connectivity index (χ2n) is 7.57. The van der Waals surface area contributed by atoms with Crippen molar-refractivity contribution in [3.05, 3.63) is 83.4 Å². The summed E-state index contributed by atoms with van der Waals surface area (Å²) in [4.78, 5) is 12.8. The van der Waals surface area contributed by atoms with Crippen molar-refractivity contribution >= 4 is 5.91 Å². The number of hydrogen-bond acceptors (Lipinski definition) is 4. The van der Waals surface area contributed by atoms with Crippen LogP contribution in [0.3, 0.4) is 0 Å². The summed E-state index contributed by atoms with van der Waals surface area (Å²) in [6.45, 7) is 2.84. The minimum Gasteiger partial charge on any atom is -0.459 e. The molecule has 166 valence electrons. The first-order valence-electron chi connectivity index (χ1n) is 10.8. The predicted octanol–water partition coefficient (Wildman–Crippen LogP) is 3.93. The van der Waals surface area contributed by atoms with Crippen LogP contribution in [0.25, 0.3) is 0 Å². The number of ether oxygens (including phenoxy) is 2. The molecule has 0 radical (unpaired) electrons. The number of nitrogens with one attached hydrogen (secondary N) is 1. The summed E-state index contributed by atoms with van der Waals surface area (Å²) in [6, 6.07) is 16.2. The van der Waals surface area contributed by atoms with Crippen LogP contribution in [-0.2, 0) is 20.7 Å². The highest BCUT2D eigenvalue weighted by atomic mass is 19.1. The average molecular weight is 428 g/mol. The molecule has 0 saturated heterocycles. The van der Waals surface area contributed by atoms with Crippen molar-refractivity contribution in [2.45, 2.75) is 38.4 Å². The highest BCUT2D eigenvalue weighted by Crippen LogP contribution is 2.39. The Kier molecular flexibility index (Phi) is 8.62. The SMILES string of the molecule is CCO[C@@H]1OC(C(=O)NCCc2ccccc2)=C[C@H](c2ccc(F)cc2)[C@H]1CCCO. The zero-order valence-electron chi connectivity index (χ0n) is 17.8. The Morgan fingerprint density at radius 1 is 1.16 bits per heavy atom. The Hall–Kier alpha value is -2.70. The third kappa shape index (κ3) is 6.39. The first-order valence-corrected chi connectivity index (χ1v) is 10.8. The van der Waals surface area contributed by atoms with E-state index in [4.69, 9.17) is 9.47 Å². The van der Waals surface area contributed by atoms with Gasteiger partial charge in [-0.2, -0.15) is 0 Å². The summed E-state index contributed by atoms with van der Waals surface area (Å²) in [5.74, 6) is -0.688. The average Bonchev–Trinajstić information content (AvgIpc) is 2.79. The number of rotatable bonds is 10. The summed E-state index contributed by atoms with van der Waals surface area (Å²) in [6.07, 6.45) is 3.13. The second kappa shape index (κ2) is 11.6. The molecule has 1 aliphatic rings. The van der Waals surface area contributed by atoms with Gasteiger partial charge in [0.1, 0.15) is 5.82 Å². The van der Waals surface area contributed by atoms with Gasteiger partial charge in [0.2, 0.25) is 6.29 Å². The van der Waals surface area contributed by atoms with Gasteiger partial charge in [0.05, 0.1) is 0 Å². The fourth-order valence-electron chi connectivity index (χ4n) is 3.88. The molecule has 0 spiro atoms. The molecule has 0 saturated carbocycles. The predicted molar refractivity (Wildman–Crippen MR) is 117 cm³/mol. The minimum atomic E-state index is -0.619. The van der Waals surface area contributed by atoms with Crippen molar-refractivity contribution in [2.75, 3.05) is 19.8 Å². The van der Waals surface area contributed by atoms with Gasteiger partial charge in [-0.05, 0) is 55.5 Å². The van der Waals surface area contributed by atoms with Gasteiger partial charge in [-0.25, -0.2) is 4.39 Å². The molecule has 1 aliphatic heterocycles. The fraction of sp³-hybridized carbons (Fsp3) is 0.400. The Labute approximate surface area is 182 Å². The third-order valence-electron chi connectivity index (χ3n) is 5.43. The van der Waals surface area contributed by atoms with Crippen molar-refractivity contribution in [1.29, 1.82) is 0 Å². The highest BCUT2D eigenvalue weighted by molar-refractivity contribution is 5.91. The Bertz CT molecular complexity index is 854. The fourth-order valence-corrected chi connectivity index (χ4v) is 3.88. The lowest BCUT2D eigenvalue weighted by atomic mass is 9.80. The van der Waals surface area contributed by atoms with Gasteiger partial charge in [0.15, 0.2) is 5.76 Å². The monoisotopic (exact) mass is 427 g/mol. The van der Waals surface area contributed by atoms with Crippen LogP contribution in [0.5, 0.6) is 0 Å². The molecule has 0 fully saturated rings. The molecule has 3 atom stereocenters. The Morgan fingerprint density at radius 2 is 1.90 bits per heavy atom. The Balaban J connectivity index is 1.78. The molecule has 2 N–H and O–H groups in total. The molecule has 2 aromatic rings. The number of carbonyl (C=O) groups is 1. The lowest BCUT2D eigenvalue weighted by molar-refractivity contribution is -0.166. The zero-order chi connectivity index (χ0) is 22.1. The highest BCUT2D eigenvalue weighted by Gasteiger charge is 2.37. The van der Waals surface area contributed by atoms with Crippen LogP contribution in [0, 0.1) is 11.7 Å². The molecule has 0 unspecified atom stereocenters. The van der Waals surface area contributed by atoms with Crippen LogP contribution in [0.4, 0.5) is 4.39 Å². The molecule has 1 amide bonds. The number of benzene rings is 2. The summed E-state index contributed by atoms with van der Waals surface area (Å²) in [5, 5.41) is 12.2. The first-order chi connectivity index (χ1) is 15.1. The quantitative estimate of drug-likeness (QED) is 0.603. The maximum absolute atomic E-state index is 13.5. The zero-order valence-corrected chi connectivity index (χ0v) is 17.8. The van der Waals surface area contributed by atoms with Crippen LogP contribution in [0.1, 0.15) is 36.8 Å². The summed E-state index contributed by atoms with van der Waals surface area (Å²) < 4.78 is 25.2. The first kappa shape index (κ1) is 23.0. The number of halogens is 1.